The normalized spacial score (nSPS) is 12.2. The van der Waals surface area contributed by atoms with E-state index in [4.69, 9.17) is 45.4 Å². The molecule has 0 fully saturated rings. The summed E-state index contributed by atoms with van der Waals surface area (Å²) in [6, 6.07) is 10.4. The van der Waals surface area contributed by atoms with E-state index in [9.17, 15) is 0 Å². The van der Waals surface area contributed by atoms with Crippen LogP contribution in [0.15, 0.2) is 36.4 Å². The van der Waals surface area contributed by atoms with Gasteiger partial charge in [-0.3, -0.25) is 5.84 Å². The standard InChI is InChI=1S/C14H13Cl3N2O/c1-20-13-5-3-9(15)7-10(13)14(19-18)8-2-4-11(16)12(17)6-8/h2-7,14,19H,18H2,1H3. The molecular weight excluding hydrogens is 319 g/mol. The van der Waals surface area contributed by atoms with E-state index in [1.54, 1.807) is 37.4 Å². The predicted molar refractivity (Wildman–Crippen MR) is 83.6 cm³/mol. The SMILES string of the molecule is COc1ccc(Cl)cc1C(NN)c1ccc(Cl)c(Cl)c1. The fourth-order valence-electron chi connectivity index (χ4n) is 1.99. The Balaban J connectivity index is 2.51. The van der Waals surface area contributed by atoms with Gasteiger partial charge in [-0.05, 0) is 35.9 Å². The number of benzene rings is 2. The zero-order valence-electron chi connectivity index (χ0n) is 10.7. The van der Waals surface area contributed by atoms with E-state index in [-0.39, 0.29) is 6.04 Å². The van der Waals surface area contributed by atoms with Crippen molar-refractivity contribution < 1.29 is 4.74 Å². The molecule has 1 atom stereocenters. The highest BCUT2D eigenvalue weighted by Crippen LogP contribution is 2.34. The maximum absolute atomic E-state index is 6.05. The monoisotopic (exact) mass is 330 g/mol. The van der Waals surface area contributed by atoms with Crippen molar-refractivity contribution in [2.75, 3.05) is 7.11 Å². The summed E-state index contributed by atoms with van der Waals surface area (Å²) in [4.78, 5) is 0. The summed E-state index contributed by atoms with van der Waals surface area (Å²) in [6.45, 7) is 0. The Morgan fingerprint density at radius 3 is 2.40 bits per heavy atom. The lowest BCUT2D eigenvalue weighted by molar-refractivity contribution is 0.404. The van der Waals surface area contributed by atoms with Crippen LogP contribution in [0, 0.1) is 0 Å². The van der Waals surface area contributed by atoms with Gasteiger partial charge in [0.1, 0.15) is 5.75 Å². The molecule has 2 aromatic rings. The van der Waals surface area contributed by atoms with Gasteiger partial charge in [-0.15, -0.1) is 0 Å². The highest BCUT2D eigenvalue weighted by atomic mass is 35.5. The fraction of sp³-hybridized carbons (Fsp3) is 0.143. The van der Waals surface area contributed by atoms with Crippen molar-refractivity contribution in [1.29, 1.82) is 0 Å². The van der Waals surface area contributed by atoms with Crippen molar-refractivity contribution in [2.24, 2.45) is 5.84 Å². The molecule has 0 bridgehead atoms. The molecule has 0 spiro atoms. The van der Waals surface area contributed by atoms with Crippen LogP contribution in [0.25, 0.3) is 0 Å². The Labute approximate surface area is 132 Å². The molecule has 0 heterocycles. The second kappa shape index (κ2) is 6.66. The lowest BCUT2D eigenvalue weighted by Crippen LogP contribution is -2.29. The fourth-order valence-corrected chi connectivity index (χ4v) is 2.48. The van der Waals surface area contributed by atoms with Gasteiger partial charge in [-0.25, -0.2) is 5.43 Å². The van der Waals surface area contributed by atoms with Crippen LogP contribution in [-0.2, 0) is 0 Å². The predicted octanol–water partition coefficient (Wildman–Crippen LogP) is 4.21. The number of nitrogens with two attached hydrogens (primary N) is 1. The van der Waals surface area contributed by atoms with Crippen molar-refractivity contribution in [3.63, 3.8) is 0 Å². The van der Waals surface area contributed by atoms with E-state index in [1.807, 2.05) is 6.07 Å². The zero-order valence-corrected chi connectivity index (χ0v) is 12.9. The molecule has 0 saturated carbocycles. The van der Waals surface area contributed by atoms with Crippen molar-refractivity contribution in [3.05, 3.63) is 62.6 Å². The number of ether oxygens (including phenoxy) is 1. The van der Waals surface area contributed by atoms with Crippen LogP contribution < -0.4 is 16.0 Å². The Kier molecular flexibility index (Phi) is 5.13. The van der Waals surface area contributed by atoms with Crippen LogP contribution >= 0.6 is 34.8 Å². The maximum atomic E-state index is 6.05. The van der Waals surface area contributed by atoms with E-state index in [1.165, 1.54) is 0 Å². The number of halogens is 3. The van der Waals surface area contributed by atoms with E-state index in [0.717, 1.165) is 11.1 Å². The van der Waals surface area contributed by atoms with Crippen LogP contribution in [0.3, 0.4) is 0 Å². The third kappa shape index (κ3) is 3.19. The molecule has 0 amide bonds. The first-order chi connectivity index (χ1) is 9.56. The van der Waals surface area contributed by atoms with Crippen LogP contribution in [0.4, 0.5) is 0 Å². The average Bonchev–Trinajstić information content (AvgIpc) is 2.44. The van der Waals surface area contributed by atoms with Crippen molar-refractivity contribution in [2.45, 2.75) is 6.04 Å². The van der Waals surface area contributed by atoms with Gasteiger partial charge in [-0.2, -0.15) is 0 Å². The largest absolute Gasteiger partial charge is 0.496 e. The van der Waals surface area contributed by atoms with Crippen molar-refractivity contribution in [3.8, 4) is 5.75 Å². The lowest BCUT2D eigenvalue weighted by Gasteiger charge is -2.20. The third-order valence-corrected chi connectivity index (χ3v) is 3.92. The second-order valence-electron chi connectivity index (χ2n) is 4.16. The molecule has 2 aromatic carbocycles. The molecule has 3 N–H and O–H groups in total. The number of hydrogen-bond acceptors (Lipinski definition) is 3. The molecule has 0 aliphatic carbocycles. The number of hydrogen-bond donors (Lipinski definition) is 2. The minimum absolute atomic E-state index is 0.307. The highest BCUT2D eigenvalue weighted by Gasteiger charge is 2.18. The lowest BCUT2D eigenvalue weighted by atomic mass is 9.98. The summed E-state index contributed by atoms with van der Waals surface area (Å²) in [7, 11) is 1.59. The number of hydrazine groups is 1. The molecule has 2 rings (SSSR count). The van der Waals surface area contributed by atoms with Gasteiger partial charge in [0.25, 0.3) is 0 Å². The third-order valence-electron chi connectivity index (χ3n) is 2.95. The van der Waals surface area contributed by atoms with Gasteiger partial charge >= 0.3 is 0 Å². The first-order valence-electron chi connectivity index (χ1n) is 5.81. The quantitative estimate of drug-likeness (QED) is 0.652. The Hall–Kier alpha value is -0.970. The summed E-state index contributed by atoms with van der Waals surface area (Å²) in [6.07, 6.45) is 0. The molecule has 106 valence electrons. The van der Waals surface area contributed by atoms with Crippen LogP contribution in [-0.4, -0.2) is 7.11 Å². The first-order valence-corrected chi connectivity index (χ1v) is 6.94. The number of nitrogens with one attached hydrogen (secondary N) is 1. The smallest absolute Gasteiger partial charge is 0.124 e. The van der Waals surface area contributed by atoms with Gasteiger partial charge in [0.15, 0.2) is 0 Å². The molecule has 0 radical (unpaired) electrons. The second-order valence-corrected chi connectivity index (χ2v) is 5.41. The van der Waals surface area contributed by atoms with Crippen LogP contribution in [0.2, 0.25) is 15.1 Å². The number of rotatable bonds is 4. The van der Waals surface area contributed by atoms with E-state index in [0.29, 0.717) is 20.8 Å². The van der Waals surface area contributed by atoms with Crippen molar-refractivity contribution >= 4 is 34.8 Å². The topological polar surface area (TPSA) is 47.3 Å². The summed E-state index contributed by atoms with van der Waals surface area (Å²) >= 11 is 18.0. The van der Waals surface area contributed by atoms with Crippen LogP contribution in [0.1, 0.15) is 17.2 Å². The molecule has 6 heteroatoms. The van der Waals surface area contributed by atoms with Crippen LogP contribution in [0.5, 0.6) is 5.75 Å². The Morgan fingerprint density at radius 1 is 1.05 bits per heavy atom. The zero-order chi connectivity index (χ0) is 14.7. The molecule has 20 heavy (non-hydrogen) atoms. The first kappa shape index (κ1) is 15.4. The Bertz CT molecular complexity index is 619. The van der Waals surface area contributed by atoms with E-state index < -0.39 is 0 Å². The molecule has 0 saturated heterocycles. The van der Waals surface area contributed by atoms with Crippen molar-refractivity contribution in [1.82, 2.24) is 5.43 Å². The Morgan fingerprint density at radius 2 is 1.80 bits per heavy atom. The highest BCUT2D eigenvalue weighted by molar-refractivity contribution is 6.42. The maximum Gasteiger partial charge on any atom is 0.124 e. The van der Waals surface area contributed by atoms with E-state index >= 15 is 0 Å². The molecule has 1 unspecified atom stereocenters. The van der Waals surface area contributed by atoms with Gasteiger partial charge in [0.05, 0.1) is 23.2 Å². The summed E-state index contributed by atoms with van der Waals surface area (Å²) in [5, 5.41) is 1.55. The minimum atomic E-state index is -0.307. The molecular formula is C14H13Cl3N2O. The summed E-state index contributed by atoms with van der Waals surface area (Å²) in [5.41, 5.74) is 4.43. The van der Waals surface area contributed by atoms with Gasteiger partial charge in [-0.1, -0.05) is 40.9 Å². The molecule has 3 nitrogen and oxygen atoms in total. The average molecular weight is 332 g/mol. The molecule has 0 aliphatic heterocycles. The van der Waals surface area contributed by atoms with E-state index in [2.05, 4.69) is 5.43 Å². The number of methoxy groups -OCH3 is 1. The summed E-state index contributed by atoms with van der Waals surface area (Å²) < 4.78 is 5.35. The van der Waals surface area contributed by atoms with Gasteiger partial charge < -0.3 is 4.74 Å². The summed E-state index contributed by atoms with van der Waals surface area (Å²) in [5.74, 6) is 6.36. The minimum Gasteiger partial charge on any atom is -0.496 e. The van der Waals surface area contributed by atoms with Gasteiger partial charge in [0.2, 0.25) is 0 Å². The molecule has 0 aromatic heterocycles. The molecule has 0 aliphatic rings. The van der Waals surface area contributed by atoms with Gasteiger partial charge in [0, 0.05) is 10.6 Å².